The molecule has 6 heteroatoms. The van der Waals surface area contributed by atoms with Gasteiger partial charge in [-0.15, -0.1) is 0 Å². The molecule has 0 aliphatic carbocycles. The second-order valence-corrected chi connectivity index (χ2v) is 10.1. The number of esters is 1. The second-order valence-electron chi connectivity index (χ2n) is 8.08. The number of carbonyl (C=O) groups is 1. The van der Waals surface area contributed by atoms with E-state index in [2.05, 4.69) is 4.74 Å². The van der Waals surface area contributed by atoms with E-state index in [0.717, 1.165) is 15.4 Å². The highest BCUT2D eigenvalue weighted by Gasteiger charge is 2.36. The van der Waals surface area contributed by atoms with Crippen LogP contribution in [0.1, 0.15) is 36.7 Å². The van der Waals surface area contributed by atoms with Gasteiger partial charge in [0, 0.05) is 0 Å². The topological polar surface area (TPSA) is 26.3 Å². The van der Waals surface area contributed by atoms with E-state index in [1.807, 2.05) is 93.6 Å². The highest BCUT2D eigenvalue weighted by atomic mass is 32.2. The summed E-state index contributed by atoms with van der Waals surface area (Å²) in [6.45, 7) is 4.35. The smallest absolute Gasteiger partial charge is 0.422 e. The predicted molar refractivity (Wildman–Crippen MR) is 117 cm³/mol. The first-order chi connectivity index (χ1) is 14.6. The number of carbonyl (C=O) groups excluding carboxylic acids is 1. The minimum atomic E-state index is -4.59. The molecule has 162 valence electrons. The molecule has 0 radical (unpaired) electrons. The third-order valence-corrected chi connectivity index (χ3v) is 6.89. The van der Waals surface area contributed by atoms with Gasteiger partial charge in [-0.05, 0) is 47.4 Å². The van der Waals surface area contributed by atoms with Gasteiger partial charge in [-0.1, -0.05) is 63.2 Å². The summed E-state index contributed by atoms with van der Waals surface area (Å²) in [5.74, 6) is -0.970. The summed E-state index contributed by atoms with van der Waals surface area (Å²) < 4.78 is 42.8. The Hall–Kier alpha value is -2.73. The molecule has 31 heavy (non-hydrogen) atoms. The summed E-state index contributed by atoms with van der Waals surface area (Å²) in [4.78, 5) is 15.4. The molecule has 0 saturated carbocycles. The molecule has 0 N–H and O–H groups in total. The first-order valence-corrected chi connectivity index (χ1v) is 11.0. The Morgan fingerprint density at radius 1 is 0.839 bits per heavy atom. The number of alkyl halides is 3. The lowest BCUT2D eigenvalue weighted by Gasteiger charge is -2.21. The molecule has 3 rings (SSSR count). The van der Waals surface area contributed by atoms with E-state index >= 15 is 0 Å². The van der Waals surface area contributed by atoms with E-state index in [4.69, 9.17) is 0 Å². The molecule has 3 aromatic rings. The van der Waals surface area contributed by atoms with Crippen LogP contribution in [0.15, 0.2) is 93.5 Å². The zero-order valence-corrected chi connectivity index (χ0v) is 18.4. The first kappa shape index (κ1) is 22.9. The highest BCUT2D eigenvalue weighted by Crippen LogP contribution is 2.36. The number of hydrogen-bond acceptors (Lipinski definition) is 2. The zero-order chi connectivity index (χ0) is 22.6. The van der Waals surface area contributed by atoms with Crippen molar-refractivity contribution < 1.29 is 22.7 Å². The lowest BCUT2D eigenvalue weighted by Crippen LogP contribution is -2.22. The summed E-state index contributed by atoms with van der Waals surface area (Å²) in [5.41, 5.74) is 0.725. The van der Waals surface area contributed by atoms with Crippen LogP contribution in [0.5, 0.6) is 0 Å². The summed E-state index contributed by atoms with van der Waals surface area (Å²) in [5, 5.41) is 0. The summed E-state index contributed by atoms with van der Waals surface area (Å²) in [7, 11) is -0.689. The van der Waals surface area contributed by atoms with E-state index in [1.54, 1.807) is 6.07 Å². The third-order valence-electron chi connectivity index (χ3n) is 4.61. The Morgan fingerprint density at radius 3 is 1.81 bits per heavy atom. The molecular formula is C25H24F3O2S+. The van der Waals surface area contributed by atoms with Crippen molar-refractivity contribution in [2.75, 3.05) is 6.61 Å². The van der Waals surface area contributed by atoms with Crippen molar-refractivity contribution in [3.63, 3.8) is 0 Å². The van der Waals surface area contributed by atoms with Gasteiger partial charge in [0.05, 0.1) is 0 Å². The number of rotatable bonds is 5. The van der Waals surface area contributed by atoms with Gasteiger partial charge >= 0.3 is 12.1 Å². The van der Waals surface area contributed by atoms with Crippen LogP contribution < -0.4 is 0 Å². The van der Waals surface area contributed by atoms with Crippen LogP contribution in [0, 0.1) is 0 Å². The fraction of sp³-hybridized carbons (Fsp3) is 0.240. The standard InChI is InChI=1S/C25H24F3O2S/c1-24(2,3)18-14-15-22(21(16-18)23(29)30-17-25(26,27)28)31(19-10-6-4-7-11-19)20-12-8-5-9-13-20/h4-16H,17H2,1-3H3/q+1. The van der Waals surface area contributed by atoms with Crippen molar-refractivity contribution in [1.29, 1.82) is 0 Å². The number of ether oxygens (including phenoxy) is 1. The van der Waals surface area contributed by atoms with Gasteiger partial charge in [0.1, 0.15) is 16.5 Å². The zero-order valence-electron chi connectivity index (χ0n) is 17.6. The van der Waals surface area contributed by atoms with E-state index < -0.39 is 29.6 Å². The Bertz CT molecular complexity index is 987. The maximum absolute atomic E-state index is 12.8. The van der Waals surface area contributed by atoms with Gasteiger partial charge in [-0.2, -0.15) is 13.2 Å². The normalized spacial score (nSPS) is 12.1. The minimum Gasteiger partial charge on any atom is -0.452 e. The maximum Gasteiger partial charge on any atom is 0.422 e. The summed E-state index contributed by atoms with van der Waals surface area (Å²) in [6, 6.07) is 24.7. The SMILES string of the molecule is CC(C)(C)c1ccc([S+](c2ccccc2)c2ccccc2)c(C(=O)OCC(F)(F)F)c1. The van der Waals surface area contributed by atoms with Crippen LogP contribution in [0.2, 0.25) is 0 Å². The molecule has 0 unspecified atom stereocenters. The van der Waals surface area contributed by atoms with E-state index in [0.29, 0.717) is 4.90 Å². The summed E-state index contributed by atoms with van der Waals surface area (Å²) >= 11 is 0. The molecule has 0 fully saturated rings. The van der Waals surface area contributed by atoms with Gasteiger partial charge in [0.2, 0.25) is 0 Å². The monoisotopic (exact) mass is 445 g/mol. The second kappa shape index (κ2) is 9.18. The molecule has 0 atom stereocenters. The van der Waals surface area contributed by atoms with Gasteiger partial charge in [0.15, 0.2) is 21.3 Å². The van der Waals surface area contributed by atoms with E-state index in [9.17, 15) is 18.0 Å². The number of hydrogen-bond donors (Lipinski definition) is 0. The molecule has 0 amide bonds. The van der Waals surface area contributed by atoms with Crippen LogP contribution in [0.25, 0.3) is 0 Å². The van der Waals surface area contributed by atoms with Gasteiger partial charge in [-0.25, -0.2) is 4.79 Å². The molecule has 0 aliphatic rings. The molecule has 0 spiro atoms. The number of halogens is 3. The Kier molecular flexibility index (Phi) is 6.80. The van der Waals surface area contributed by atoms with Crippen molar-refractivity contribution in [1.82, 2.24) is 0 Å². The van der Waals surface area contributed by atoms with Crippen molar-refractivity contribution in [3.8, 4) is 0 Å². The Balaban J connectivity index is 2.17. The highest BCUT2D eigenvalue weighted by molar-refractivity contribution is 7.97. The van der Waals surface area contributed by atoms with Crippen molar-refractivity contribution in [2.24, 2.45) is 0 Å². The molecular weight excluding hydrogens is 421 g/mol. The molecule has 3 aromatic carbocycles. The van der Waals surface area contributed by atoms with Crippen LogP contribution in [0.4, 0.5) is 13.2 Å². The van der Waals surface area contributed by atoms with Crippen LogP contribution in [0.3, 0.4) is 0 Å². The molecule has 0 aromatic heterocycles. The minimum absolute atomic E-state index is 0.160. The van der Waals surface area contributed by atoms with Crippen molar-refractivity contribution >= 4 is 16.9 Å². The molecule has 0 aliphatic heterocycles. The molecule has 2 nitrogen and oxygen atoms in total. The fourth-order valence-corrected chi connectivity index (χ4v) is 5.27. The van der Waals surface area contributed by atoms with E-state index in [1.165, 1.54) is 0 Å². The van der Waals surface area contributed by atoms with Gasteiger partial charge in [-0.3, -0.25) is 0 Å². The van der Waals surface area contributed by atoms with Crippen molar-refractivity contribution in [2.45, 2.75) is 47.0 Å². The fourth-order valence-electron chi connectivity index (χ4n) is 3.06. The lowest BCUT2D eigenvalue weighted by atomic mass is 9.86. The lowest BCUT2D eigenvalue weighted by molar-refractivity contribution is -0.161. The Morgan fingerprint density at radius 2 is 1.35 bits per heavy atom. The Labute approximate surface area is 183 Å². The van der Waals surface area contributed by atoms with Crippen molar-refractivity contribution in [3.05, 3.63) is 90.0 Å². The predicted octanol–water partition coefficient (Wildman–Crippen LogP) is 6.80. The summed E-state index contributed by atoms with van der Waals surface area (Å²) in [6.07, 6.45) is -4.59. The third kappa shape index (κ3) is 5.91. The largest absolute Gasteiger partial charge is 0.452 e. The average Bonchev–Trinajstić information content (AvgIpc) is 2.73. The van der Waals surface area contributed by atoms with Crippen LogP contribution in [-0.2, 0) is 21.0 Å². The maximum atomic E-state index is 12.8. The average molecular weight is 446 g/mol. The van der Waals surface area contributed by atoms with Gasteiger partial charge < -0.3 is 4.74 Å². The molecule has 0 bridgehead atoms. The van der Waals surface area contributed by atoms with E-state index in [-0.39, 0.29) is 11.0 Å². The molecule has 0 heterocycles. The first-order valence-electron chi connectivity index (χ1n) is 9.79. The molecule has 0 saturated heterocycles. The quantitative estimate of drug-likeness (QED) is 0.319. The van der Waals surface area contributed by atoms with Crippen LogP contribution >= 0.6 is 0 Å². The van der Waals surface area contributed by atoms with Crippen LogP contribution in [-0.4, -0.2) is 18.8 Å². The number of benzene rings is 3. The van der Waals surface area contributed by atoms with Gasteiger partial charge in [0.25, 0.3) is 0 Å².